The van der Waals surface area contributed by atoms with Crippen molar-refractivity contribution in [3.05, 3.63) is 59.2 Å². The number of aliphatic carboxylic acids is 1. The van der Waals surface area contributed by atoms with E-state index < -0.39 is 35.7 Å². The van der Waals surface area contributed by atoms with Crippen LogP contribution in [0.25, 0.3) is 11.1 Å². The van der Waals surface area contributed by atoms with Gasteiger partial charge in [0, 0.05) is 12.6 Å². The lowest BCUT2D eigenvalue weighted by Crippen LogP contribution is -2.41. The summed E-state index contributed by atoms with van der Waals surface area (Å²) in [4.78, 5) is 13.7. The van der Waals surface area contributed by atoms with Crippen molar-refractivity contribution in [2.24, 2.45) is 11.8 Å². The monoisotopic (exact) mass is 501 g/mol. The van der Waals surface area contributed by atoms with Gasteiger partial charge in [0.15, 0.2) is 0 Å². The summed E-state index contributed by atoms with van der Waals surface area (Å²) in [6.45, 7) is 3.61. The number of hydrogen-bond acceptors (Lipinski definition) is 2. The number of nitrogens with zero attached hydrogens (tertiary/aromatic N) is 1. The third-order valence-electron chi connectivity index (χ3n) is 6.61. The zero-order valence-electron chi connectivity index (χ0n) is 19.7. The maximum absolute atomic E-state index is 13.3. The molecule has 1 aliphatic heterocycles. The molecule has 192 valence electrons. The Morgan fingerprint density at radius 1 is 1.00 bits per heavy atom. The molecule has 9 heteroatoms. The molecule has 3 rings (SSSR count). The fourth-order valence-electron chi connectivity index (χ4n) is 4.77. The first-order chi connectivity index (χ1) is 16.2. The molecule has 2 aromatic rings. The predicted molar refractivity (Wildman–Crippen MR) is 121 cm³/mol. The highest BCUT2D eigenvalue weighted by Crippen LogP contribution is 2.41. The summed E-state index contributed by atoms with van der Waals surface area (Å²) in [7, 11) is 1.61. The lowest BCUT2D eigenvalue weighted by molar-refractivity contribution is -0.189. The molecule has 35 heavy (non-hydrogen) atoms. The summed E-state index contributed by atoms with van der Waals surface area (Å²) < 4.78 is 78.8. The van der Waals surface area contributed by atoms with Gasteiger partial charge in [0.2, 0.25) is 0 Å². The van der Waals surface area contributed by atoms with Gasteiger partial charge in [-0.25, -0.2) is 0 Å². The first-order valence-corrected chi connectivity index (χ1v) is 11.5. The third-order valence-corrected chi connectivity index (χ3v) is 6.61. The van der Waals surface area contributed by atoms with Gasteiger partial charge >= 0.3 is 18.3 Å². The van der Waals surface area contributed by atoms with Crippen molar-refractivity contribution in [3.63, 3.8) is 0 Å². The quantitative estimate of drug-likeness (QED) is 0.416. The SMILES string of the molecule is CC(C)CC(C(=O)O)c1cc(-c2ccc(C(F)(F)F)cc2)cc(C2CCC(C(F)(F)F)CN2C)c1. The molecule has 1 N–H and O–H groups in total. The molecule has 1 heterocycles. The van der Waals surface area contributed by atoms with Gasteiger partial charge in [-0.1, -0.05) is 38.1 Å². The van der Waals surface area contributed by atoms with Crippen LogP contribution in [-0.2, 0) is 11.0 Å². The number of carboxylic acids is 1. The van der Waals surface area contributed by atoms with E-state index >= 15 is 0 Å². The Morgan fingerprint density at radius 2 is 1.63 bits per heavy atom. The van der Waals surface area contributed by atoms with Gasteiger partial charge in [-0.3, -0.25) is 9.69 Å². The van der Waals surface area contributed by atoms with Gasteiger partial charge in [-0.05, 0) is 72.7 Å². The van der Waals surface area contributed by atoms with E-state index in [-0.39, 0.29) is 31.3 Å². The second-order valence-corrected chi connectivity index (χ2v) is 9.76. The van der Waals surface area contributed by atoms with Crippen LogP contribution in [0.3, 0.4) is 0 Å². The van der Waals surface area contributed by atoms with Crippen LogP contribution in [0.5, 0.6) is 0 Å². The molecule has 3 unspecified atom stereocenters. The number of hydrogen-bond donors (Lipinski definition) is 1. The molecule has 0 aliphatic carbocycles. The lowest BCUT2D eigenvalue weighted by Gasteiger charge is -2.38. The smallest absolute Gasteiger partial charge is 0.416 e. The van der Waals surface area contributed by atoms with Crippen LogP contribution in [0.1, 0.15) is 61.8 Å². The molecular weight excluding hydrogens is 472 g/mol. The third kappa shape index (κ3) is 6.57. The summed E-state index contributed by atoms with van der Waals surface area (Å²) >= 11 is 0. The molecule has 1 fully saturated rings. The number of halogens is 6. The highest BCUT2D eigenvalue weighted by Gasteiger charge is 2.43. The van der Waals surface area contributed by atoms with Gasteiger partial charge in [0.1, 0.15) is 0 Å². The van der Waals surface area contributed by atoms with Crippen LogP contribution in [-0.4, -0.2) is 35.7 Å². The summed E-state index contributed by atoms with van der Waals surface area (Å²) in [6, 6.07) is 9.35. The minimum atomic E-state index is -4.49. The Bertz CT molecular complexity index is 1030. The van der Waals surface area contributed by atoms with Crippen molar-refractivity contribution in [3.8, 4) is 11.1 Å². The minimum absolute atomic E-state index is 0.0489. The van der Waals surface area contributed by atoms with Crippen LogP contribution in [0.4, 0.5) is 26.3 Å². The molecule has 0 aromatic heterocycles. The number of rotatable bonds is 6. The van der Waals surface area contributed by atoms with E-state index in [4.69, 9.17) is 0 Å². The molecule has 0 radical (unpaired) electrons. The molecule has 1 aliphatic rings. The van der Waals surface area contributed by atoms with Gasteiger partial charge in [0.25, 0.3) is 0 Å². The van der Waals surface area contributed by atoms with Crippen molar-refractivity contribution in [1.82, 2.24) is 4.90 Å². The maximum atomic E-state index is 13.3. The van der Waals surface area contributed by atoms with E-state index in [0.717, 1.165) is 12.1 Å². The second kappa shape index (κ2) is 10.2. The number of carboxylic acid groups (broad SMARTS) is 1. The molecule has 2 aromatic carbocycles. The van der Waals surface area contributed by atoms with Crippen LogP contribution in [0.2, 0.25) is 0 Å². The number of piperidine rings is 1. The zero-order valence-corrected chi connectivity index (χ0v) is 19.7. The fraction of sp³-hybridized carbons (Fsp3) is 0.500. The van der Waals surface area contributed by atoms with Crippen molar-refractivity contribution in [2.45, 2.75) is 57.4 Å². The standard InChI is InChI=1S/C26H29F6NO2/c1-15(2)10-22(24(34)35)18-11-17(16-4-6-20(7-5-16)25(27,28)29)12-19(13-18)23-9-8-21(14-33(23)3)26(30,31)32/h4-7,11-13,15,21-23H,8-10,14H2,1-3H3,(H,34,35). The normalized spacial score (nSPS) is 20.7. The molecule has 0 amide bonds. The Kier molecular flexibility index (Phi) is 7.89. The van der Waals surface area contributed by atoms with Crippen LogP contribution >= 0.6 is 0 Å². The zero-order chi connectivity index (χ0) is 26.1. The van der Waals surface area contributed by atoms with Crippen molar-refractivity contribution in [1.29, 1.82) is 0 Å². The van der Waals surface area contributed by atoms with E-state index in [2.05, 4.69) is 0 Å². The average Bonchev–Trinajstić information content (AvgIpc) is 2.75. The van der Waals surface area contributed by atoms with Gasteiger partial charge < -0.3 is 5.11 Å². The Hall–Kier alpha value is -2.55. The maximum Gasteiger partial charge on any atom is 0.416 e. The lowest BCUT2D eigenvalue weighted by atomic mass is 9.83. The minimum Gasteiger partial charge on any atom is -0.481 e. The topological polar surface area (TPSA) is 40.5 Å². The molecule has 0 bridgehead atoms. The summed E-state index contributed by atoms with van der Waals surface area (Å²) in [6.07, 6.45) is -8.25. The van der Waals surface area contributed by atoms with Gasteiger partial charge in [-0.15, -0.1) is 0 Å². The number of likely N-dealkylation sites (tertiary alicyclic amines) is 1. The molecular formula is C26H29F6NO2. The number of benzene rings is 2. The van der Waals surface area contributed by atoms with Gasteiger partial charge in [0.05, 0.1) is 17.4 Å². The average molecular weight is 502 g/mol. The highest BCUT2D eigenvalue weighted by molar-refractivity contribution is 5.77. The van der Waals surface area contributed by atoms with E-state index in [9.17, 15) is 36.2 Å². The number of carbonyl (C=O) groups is 1. The molecule has 3 atom stereocenters. The molecule has 0 spiro atoms. The largest absolute Gasteiger partial charge is 0.481 e. The first-order valence-electron chi connectivity index (χ1n) is 11.5. The summed E-state index contributed by atoms with van der Waals surface area (Å²) in [5.41, 5.74) is 1.36. The van der Waals surface area contributed by atoms with E-state index in [1.807, 2.05) is 13.8 Å². The van der Waals surface area contributed by atoms with Crippen LogP contribution in [0.15, 0.2) is 42.5 Å². The molecule has 0 saturated carbocycles. The van der Waals surface area contributed by atoms with Gasteiger partial charge in [-0.2, -0.15) is 26.3 Å². The Morgan fingerprint density at radius 3 is 2.11 bits per heavy atom. The molecule has 3 nitrogen and oxygen atoms in total. The van der Waals surface area contributed by atoms with Crippen molar-refractivity contribution < 1.29 is 36.2 Å². The van der Waals surface area contributed by atoms with Crippen LogP contribution in [0, 0.1) is 11.8 Å². The predicted octanol–water partition coefficient (Wildman–Crippen LogP) is 7.53. The fourth-order valence-corrected chi connectivity index (χ4v) is 4.77. The summed E-state index contributed by atoms with van der Waals surface area (Å²) in [5, 5.41) is 9.88. The highest BCUT2D eigenvalue weighted by atomic mass is 19.4. The first kappa shape index (κ1) is 27.0. The number of alkyl halides is 6. The van der Waals surface area contributed by atoms with E-state index in [1.165, 1.54) is 12.1 Å². The molecule has 1 saturated heterocycles. The van der Waals surface area contributed by atoms with E-state index in [1.54, 1.807) is 30.1 Å². The Balaban J connectivity index is 2.06. The van der Waals surface area contributed by atoms with E-state index in [0.29, 0.717) is 28.7 Å². The second-order valence-electron chi connectivity index (χ2n) is 9.76. The van der Waals surface area contributed by atoms with Crippen molar-refractivity contribution in [2.75, 3.05) is 13.6 Å². The Labute approximate surface area is 200 Å². The van der Waals surface area contributed by atoms with Crippen LogP contribution < -0.4 is 0 Å². The van der Waals surface area contributed by atoms with Crippen molar-refractivity contribution >= 4 is 5.97 Å². The summed E-state index contributed by atoms with van der Waals surface area (Å²) in [5.74, 6) is -3.24.